The van der Waals surface area contributed by atoms with Crippen molar-refractivity contribution < 1.29 is 0 Å². The monoisotopic (exact) mass is 214 g/mol. The molecule has 2 rings (SSSR count). The molecule has 84 valence electrons. The molecule has 0 aliphatic carbocycles. The van der Waals surface area contributed by atoms with Crippen molar-refractivity contribution in [1.82, 2.24) is 9.97 Å². The van der Waals surface area contributed by atoms with Crippen LogP contribution in [0.1, 0.15) is 50.8 Å². The van der Waals surface area contributed by atoms with E-state index < -0.39 is 0 Å². The second kappa shape index (κ2) is 4.20. The fraction of sp³-hybridized carbons (Fsp3) is 0.429. The number of nitrogens with zero attached hydrogens (tertiary/aromatic N) is 2. The van der Waals surface area contributed by atoms with E-state index in [2.05, 4.69) is 43.7 Å². The van der Waals surface area contributed by atoms with Crippen LogP contribution >= 0.6 is 0 Å². The highest BCUT2D eigenvalue weighted by molar-refractivity contribution is 5.85. The first-order valence-electron chi connectivity index (χ1n) is 5.84. The molecule has 16 heavy (non-hydrogen) atoms. The molecule has 0 aromatic carbocycles. The molecule has 0 N–H and O–H groups in total. The van der Waals surface area contributed by atoms with Crippen molar-refractivity contribution in [2.24, 2.45) is 0 Å². The number of rotatable bonds is 2. The van der Waals surface area contributed by atoms with Crippen molar-refractivity contribution in [3.63, 3.8) is 0 Å². The summed E-state index contributed by atoms with van der Waals surface area (Å²) < 4.78 is 0. The third kappa shape index (κ3) is 1.80. The average molecular weight is 214 g/mol. The molecule has 0 unspecified atom stereocenters. The van der Waals surface area contributed by atoms with Gasteiger partial charge in [-0.2, -0.15) is 0 Å². The first kappa shape index (κ1) is 11.1. The molecular weight excluding hydrogens is 196 g/mol. The third-order valence-electron chi connectivity index (χ3n) is 2.88. The predicted octanol–water partition coefficient (Wildman–Crippen LogP) is 3.88. The number of aromatic nitrogens is 2. The van der Waals surface area contributed by atoms with Crippen LogP contribution < -0.4 is 0 Å². The number of fused-ring (bicyclic) bond motifs is 1. The van der Waals surface area contributed by atoms with Crippen LogP contribution in [-0.4, -0.2) is 9.97 Å². The molecule has 0 amide bonds. The largest absolute Gasteiger partial charge is 0.260 e. The van der Waals surface area contributed by atoms with E-state index >= 15 is 0 Å². The highest BCUT2D eigenvalue weighted by Crippen LogP contribution is 2.29. The van der Waals surface area contributed by atoms with Crippen LogP contribution in [0.2, 0.25) is 0 Å². The summed E-state index contributed by atoms with van der Waals surface area (Å²) in [5.74, 6) is 0.942. The van der Waals surface area contributed by atoms with Crippen molar-refractivity contribution in [3.05, 3.63) is 35.8 Å². The van der Waals surface area contributed by atoms with Gasteiger partial charge in [-0.3, -0.25) is 9.97 Å². The number of pyridine rings is 2. The van der Waals surface area contributed by atoms with Gasteiger partial charge in [0.1, 0.15) is 0 Å². The quantitative estimate of drug-likeness (QED) is 0.758. The van der Waals surface area contributed by atoms with Gasteiger partial charge in [0.2, 0.25) is 0 Å². The van der Waals surface area contributed by atoms with Gasteiger partial charge in [0.25, 0.3) is 0 Å². The van der Waals surface area contributed by atoms with E-state index in [0.717, 1.165) is 11.2 Å². The number of hydrogen-bond acceptors (Lipinski definition) is 2. The summed E-state index contributed by atoms with van der Waals surface area (Å²) in [6.45, 7) is 8.79. The lowest BCUT2D eigenvalue weighted by Crippen LogP contribution is -1.99. The predicted molar refractivity (Wildman–Crippen MR) is 67.7 cm³/mol. The first-order valence-corrected chi connectivity index (χ1v) is 5.84. The summed E-state index contributed by atoms with van der Waals surface area (Å²) in [6, 6.07) is 4.10. The molecule has 0 saturated heterocycles. The van der Waals surface area contributed by atoms with Gasteiger partial charge in [-0.05, 0) is 29.5 Å². The lowest BCUT2D eigenvalue weighted by molar-refractivity contribution is 0.822. The zero-order valence-corrected chi connectivity index (χ0v) is 10.4. The van der Waals surface area contributed by atoms with Gasteiger partial charge in [0.05, 0.1) is 11.2 Å². The Labute approximate surface area is 96.7 Å². The van der Waals surface area contributed by atoms with Gasteiger partial charge in [-0.15, -0.1) is 0 Å². The minimum absolute atomic E-state index is 0.436. The van der Waals surface area contributed by atoms with Crippen LogP contribution in [0.15, 0.2) is 24.5 Å². The summed E-state index contributed by atoms with van der Waals surface area (Å²) in [4.78, 5) is 8.94. The minimum atomic E-state index is 0.436. The standard InChI is InChI=1S/C14H18N2/c1-9(2)11-5-7-15-12-6-8-16-14(10(3)4)13(11)12/h5-10H,1-4H3. The zero-order chi connectivity index (χ0) is 11.7. The molecule has 2 nitrogen and oxygen atoms in total. The number of hydrogen-bond donors (Lipinski definition) is 0. The summed E-state index contributed by atoms with van der Waals surface area (Å²) in [5, 5.41) is 1.25. The van der Waals surface area contributed by atoms with E-state index in [1.165, 1.54) is 10.9 Å². The summed E-state index contributed by atoms with van der Waals surface area (Å²) in [6.07, 6.45) is 3.75. The van der Waals surface area contributed by atoms with Crippen LogP contribution in [0.25, 0.3) is 10.9 Å². The van der Waals surface area contributed by atoms with Crippen LogP contribution in [0, 0.1) is 0 Å². The molecule has 0 radical (unpaired) electrons. The van der Waals surface area contributed by atoms with E-state index in [1.54, 1.807) is 0 Å². The molecule has 2 heteroatoms. The maximum atomic E-state index is 4.51. The normalized spacial score (nSPS) is 11.6. The molecule has 2 heterocycles. The molecule has 0 atom stereocenters. The lowest BCUT2D eigenvalue weighted by atomic mass is 9.95. The van der Waals surface area contributed by atoms with Crippen molar-refractivity contribution in [3.8, 4) is 0 Å². The second-order valence-electron chi connectivity index (χ2n) is 4.80. The van der Waals surface area contributed by atoms with Gasteiger partial charge in [-0.1, -0.05) is 27.7 Å². The van der Waals surface area contributed by atoms with E-state index in [4.69, 9.17) is 0 Å². The lowest BCUT2D eigenvalue weighted by Gasteiger charge is -2.14. The maximum Gasteiger partial charge on any atom is 0.0738 e. The molecule has 0 fully saturated rings. The molecule has 0 spiro atoms. The van der Waals surface area contributed by atoms with Gasteiger partial charge in [0, 0.05) is 17.8 Å². The van der Waals surface area contributed by atoms with Crippen LogP contribution in [0.3, 0.4) is 0 Å². The van der Waals surface area contributed by atoms with Crippen LogP contribution in [0.5, 0.6) is 0 Å². The Morgan fingerprint density at radius 2 is 1.56 bits per heavy atom. The smallest absolute Gasteiger partial charge is 0.0738 e. The maximum absolute atomic E-state index is 4.51. The van der Waals surface area contributed by atoms with Crippen molar-refractivity contribution in [2.45, 2.75) is 39.5 Å². The summed E-state index contributed by atoms with van der Waals surface area (Å²) >= 11 is 0. The van der Waals surface area contributed by atoms with Crippen LogP contribution in [-0.2, 0) is 0 Å². The van der Waals surface area contributed by atoms with Gasteiger partial charge < -0.3 is 0 Å². The van der Waals surface area contributed by atoms with E-state index in [-0.39, 0.29) is 0 Å². The third-order valence-corrected chi connectivity index (χ3v) is 2.88. The molecule has 0 saturated carbocycles. The topological polar surface area (TPSA) is 25.8 Å². The summed E-state index contributed by atoms with van der Waals surface area (Å²) in [7, 11) is 0. The zero-order valence-electron chi connectivity index (χ0n) is 10.4. The van der Waals surface area contributed by atoms with Crippen molar-refractivity contribution in [1.29, 1.82) is 0 Å². The Kier molecular flexibility index (Phi) is 2.90. The Hall–Kier alpha value is -1.44. The fourth-order valence-corrected chi connectivity index (χ4v) is 2.07. The molecule has 2 aromatic rings. The Bertz CT molecular complexity index is 458. The average Bonchev–Trinajstić information content (AvgIpc) is 2.27. The Morgan fingerprint density at radius 1 is 0.875 bits per heavy atom. The molecule has 0 bridgehead atoms. The first-order chi connectivity index (χ1) is 7.61. The van der Waals surface area contributed by atoms with E-state index in [9.17, 15) is 0 Å². The second-order valence-corrected chi connectivity index (χ2v) is 4.80. The molecule has 0 aliphatic heterocycles. The van der Waals surface area contributed by atoms with Crippen molar-refractivity contribution >= 4 is 10.9 Å². The van der Waals surface area contributed by atoms with Gasteiger partial charge >= 0.3 is 0 Å². The van der Waals surface area contributed by atoms with E-state index in [0.29, 0.717) is 11.8 Å². The molecular formula is C14H18N2. The van der Waals surface area contributed by atoms with Crippen LogP contribution in [0.4, 0.5) is 0 Å². The van der Waals surface area contributed by atoms with Crippen molar-refractivity contribution in [2.75, 3.05) is 0 Å². The Balaban J connectivity index is 2.82. The minimum Gasteiger partial charge on any atom is -0.260 e. The highest BCUT2D eigenvalue weighted by Gasteiger charge is 2.12. The van der Waals surface area contributed by atoms with Gasteiger partial charge in [0.15, 0.2) is 0 Å². The van der Waals surface area contributed by atoms with E-state index in [1.807, 2.05) is 18.5 Å². The molecule has 0 aliphatic rings. The Morgan fingerprint density at radius 3 is 2.19 bits per heavy atom. The summed E-state index contributed by atoms with van der Waals surface area (Å²) in [5.41, 5.74) is 3.57. The highest BCUT2D eigenvalue weighted by atomic mass is 14.7. The SMILES string of the molecule is CC(C)c1ccnc2ccnc(C(C)C)c12. The molecule has 2 aromatic heterocycles. The van der Waals surface area contributed by atoms with Gasteiger partial charge in [-0.25, -0.2) is 0 Å². The fourth-order valence-electron chi connectivity index (χ4n) is 2.07.